The Hall–Kier alpha value is -0.970. The van der Waals surface area contributed by atoms with Crippen LogP contribution in [0.5, 0.6) is 0 Å². The molecule has 1 heterocycles. The highest BCUT2D eigenvalue weighted by Gasteiger charge is 2.42. The largest absolute Gasteiger partial charge is 0.394 e. The van der Waals surface area contributed by atoms with Crippen molar-refractivity contribution in [1.82, 2.24) is 5.32 Å². The molecule has 1 fully saturated rings. The van der Waals surface area contributed by atoms with Crippen LogP contribution in [0.25, 0.3) is 0 Å². The van der Waals surface area contributed by atoms with E-state index in [0.717, 1.165) is 0 Å². The Balaban J connectivity index is 1.93. The van der Waals surface area contributed by atoms with Crippen molar-refractivity contribution in [2.75, 3.05) is 79.2 Å². The summed E-state index contributed by atoms with van der Waals surface area (Å²) in [6.45, 7) is 3.77. The third-order valence-corrected chi connectivity index (χ3v) is 4.49. The molecule has 1 aliphatic rings. The molecule has 0 aromatic heterocycles. The molecule has 13 heteroatoms. The molecule has 0 radical (unpaired) electrons. The number of rotatable bonds is 19. The van der Waals surface area contributed by atoms with E-state index in [4.69, 9.17) is 45.0 Å². The van der Waals surface area contributed by atoms with Crippen LogP contribution < -0.4 is 16.8 Å². The van der Waals surface area contributed by atoms with E-state index < -0.39 is 37.3 Å². The van der Waals surface area contributed by atoms with Crippen molar-refractivity contribution in [2.45, 2.75) is 37.1 Å². The van der Waals surface area contributed by atoms with Gasteiger partial charge in [-0.25, -0.2) is 0 Å². The summed E-state index contributed by atoms with van der Waals surface area (Å²) in [6.07, 6.45) is -4.38. The third-order valence-electron chi connectivity index (χ3n) is 4.49. The van der Waals surface area contributed by atoms with Crippen LogP contribution in [0.15, 0.2) is 0 Å². The van der Waals surface area contributed by atoms with E-state index in [-0.39, 0.29) is 32.1 Å². The number of amides is 1. The van der Waals surface area contributed by atoms with Crippen LogP contribution in [-0.2, 0) is 33.2 Å². The molecule has 0 aliphatic carbocycles. The first-order valence-electron chi connectivity index (χ1n) is 10.8. The summed E-state index contributed by atoms with van der Waals surface area (Å²) >= 11 is 0. The zero-order valence-electron chi connectivity index (χ0n) is 18.4. The number of hydrogen-bond donors (Lipinski definition) is 6. The first kappa shape index (κ1) is 29.1. The lowest BCUT2D eigenvalue weighted by atomic mass is 9.98. The van der Waals surface area contributed by atoms with Gasteiger partial charge in [0.25, 0.3) is 0 Å². The summed E-state index contributed by atoms with van der Waals surface area (Å²) in [5.41, 5.74) is 11.1. The molecule has 32 heavy (non-hydrogen) atoms. The van der Waals surface area contributed by atoms with Crippen molar-refractivity contribution in [1.29, 1.82) is 0 Å². The van der Waals surface area contributed by atoms with Crippen LogP contribution in [0.3, 0.4) is 0 Å². The van der Waals surface area contributed by atoms with E-state index in [9.17, 15) is 15.0 Å². The Labute approximate surface area is 188 Å². The quantitative estimate of drug-likeness (QED) is 0.101. The van der Waals surface area contributed by atoms with Gasteiger partial charge >= 0.3 is 0 Å². The van der Waals surface area contributed by atoms with E-state index in [1.807, 2.05) is 0 Å². The Kier molecular flexibility index (Phi) is 16.8. The SMILES string of the molecule is NCCOCCOCCOCCOCCC(=O)NCCOC1OC(CO)C(O)C(O)C1N. The van der Waals surface area contributed by atoms with Crippen molar-refractivity contribution in [3.05, 3.63) is 0 Å². The lowest BCUT2D eigenvalue weighted by molar-refractivity contribution is -0.265. The number of carbonyl (C=O) groups is 1. The van der Waals surface area contributed by atoms with Gasteiger partial charge in [0.05, 0.1) is 72.1 Å². The van der Waals surface area contributed by atoms with Gasteiger partial charge in [0.1, 0.15) is 18.3 Å². The number of aliphatic hydroxyl groups excluding tert-OH is 3. The van der Waals surface area contributed by atoms with Crippen LogP contribution in [0.4, 0.5) is 0 Å². The molecule has 0 saturated carbocycles. The molecule has 1 rings (SSSR count). The average molecular weight is 470 g/mol. The Bertz CT molecular complexity index is 475. The molecule has 5 atom stereocenters. The summed E-state index contributed by atoms with van der Waals surface area (Å²) in [4.78, 5) is 11.8. The van der Waals surface area contributed by atoms with Gasteiger partial charge in [0.2, 0.25) is 5.91 Å². The molecule has 8 N–H and O–H groups in total. The standard InChI is InChI=1S/C19H39N3O10/c20-2-5-28-8-10-30-12-11-29-9-7-27-4-1-15(24)22-3-6-31-19-16(21)18(26)17(25)14(13-23)32-19/h14,16-19,23,25-26H,1-13,20-21H2,(H,22,24). The second-order valence-electron chi connectivity index (χ2n) is 6.99. The number of carbonyl (C=O) groups excluding carboxylic acids is 1. The summed E-state index contributed by atoms with van der Waals surface area (Å²) < 4.78 is 31.9. The van der Waals surface area contributed by atoms with Gasteiger partial charge in [-0.1, -0.05) is 0 Å². The van der Waals surface area contributed by atoms with Gasteiger partial charge in [0.15, 0.2) is 6.29 Å². The molecule has 1 amide bonds. The summed E-state index contributed by atoms with van der Waals surface area (Å²) in [5.74, 6) is -0.211. The van der Waals surface area contributed by atoms with E-state index in [2.05, 4.69) is 5.32 Å². The second kappa shape index (κ2) is 18.5. The molecule has 190 valence electrons. The van der Waals surface area contributed by atoms with E-state index in [1.54, 1.807) is 0 Å². The van der Waals surface area contributed by atoms with Crippen molar-refractivity contribution in [3.63, 3.8) is 0 Å². The Morgan fingerprint density at radius 3 is 2.00 bits per heavy atom. The van der Waals surface area contributed by atoms with E-state index >= 15 is 0 Å². The fraction of sp³-hybridized carbons (Fsp3) is 0.947. The van der Waals surface area contributed by atoms with E-state index in [1.165, 1.54) is 0 Å². The van der Waals surface area contributed by atoms with Crippen LogP contribution in [0.1, 0.15) is 6.42 Å². The lowest BCUT2D eigenvalue weighted by Gasteiger charge is -2.40. The minimum Gasteiger partial charge on any atom is -0.394 e. The highest BCUT2D eigenvalue weighted by Crippen LogP contribution is 2.20. The zero-order valence-corrected chi connectivity index (χ0v) is 18.4. The maximum absolute atomic E-state index is 11.8. The monoisotopic (exact) mass is 469 g/mol. The summed E-state index contributed by atoms with van der Waals surface area (Å²) in [7, 11) is 0. The molecule has 0 aromatic rings. The van der Waals surface area contributed by atoms with Crippen molar-refractivity contribution < 1.29 is 48.5 Å². The van der Waals surface area contributed by atoms with Crippen LogP contribution >= 0.6 is 0 Å². The zero-order chi connectivity index (χ0) is 23.6. The Morgan fingerprint density at radius 1 is 0.875 bits per heavy atom. The molecule has 0 spiro atoms. The maximum Gasteiger partial charge on any atom is 0.222 e. The third kappa shape index (κ3) is 12.3. The van der Waals surface area contributed by atoms with Crippen LogP contribution in [0.2, 0.25) is 0 Å². The molecule has 5 unspecified atom stereocenters. The Morgan fingerprint density at radius 2 is 1.44 bits per heavy atom. The predicted molar refractivity (Wildman–Crippen MR) is 112 cm³/mol. The van der Waals surface area contributed by atoms with Gasteiger partial charge in [0, 0.05) is 19.5 Å². The fourth-order valence-corrected chi connectivity index (χ4v) is 2.72. The van der Waals surface area contributed by atoms with Gasteiger partial charge in [-0.3, -0.25) is 4.79 Å². The average Bonchev–Trinajstić information content (AvgIpc) is 2.79. The van der Waals surface area contributed by atoms with Crippen molar-refractivity contribution in [2.24, 2.45) is 11.5 Å². The van der Waals surface area contributed by atoms with Gasteiger partial charge in [-0.15, -0.1) is 0 Å². The number of hydrogen-bond acceptors (Lipinski definition) is 12. The molecule has 0 aromatic carbocycles. The first-order valence-corrected chi connectivity index (χ1v) is 10.8. The number of ether oxygens (including phenoxy) is 6. The molecule has 1 saturated heterocycles. The molecule has 13 nitrogen and oxygen atoms in total. The molecule has 1 aliphatic heterocycles. The number of nitrogens with two attached hydrogens (primary N) is 2. The lowest BCUT2D eigenvalue weighted by Crippen LogP contribution is -2.62. The maximum atomic E-state index is 11.8. The van der Waals surface area contributed by atoms with Crippen molar-refractivity contribution >= 4 is 5.91 Å². The molecule has 0 bridgehead atoms. The topological polar surface area (TPSA) is 197 Å². The normalized spacial score (nSPS) is 25.7. The summed E-state index contributed by atoms with van der Waals surface area (Å²) in [5, 5.41) is 31.4. The molecular weight excluding hydrogens is 430 g/mol. The minimum atomic E-state index is -1.29. The fourth-order valence-electron chi connectivity index (χ4n) is 2.72. The van der Waals surface area contributed by atoms with Gasteiger partial charge < -0.3 is 60.5 Å². The number of nitrogens with one attached hydrogen (secondary N) is 1. The number of aliphatic hydroxyl groups is 3. The van der Waals surface area contributed by atoms with Crippen molar-refractivity contribution in [3.8, 4) is 0 Å². The van der Waals surface area contributed by atoms with E-state index in [0.29, 0.717) is 52.8 Å². The smallest absolute Gasteiger partial charge is 0.222 e. The van der Waals surface area contributed by atoms with Crippen LogP contribution in [-0.4, -0.2) is 131 Å². The highest BCUT2D eigenvalue weighted by molar-refractivity contribution is 5.75. The summed E-state index contributed by atoms with van der Waals surface area (Å²) in [6, 6.07) is -0.971. The molecular formula is C19H39N3O10. The van der Waals surface area contributed by atoms with Gasteiger partial charge in [-0.05, 0) is 0 Å². The second-order valence-corrected chi connectivity index (χ2v) is 6.99. The minimum absolute atomic E-state index is 0.0843. The highest BCUT2D eigenvalue weighted by atomic mass is 16.7. The predicted octanol–water partition coefficient (Wildman–Crippen LogP) is -3.70. The van der Waals surface area contributed by atoms with Gasteiger partial charge in [-0.2, -0.15) is 0 Å². The van der Waals surface area contributed by atoms with Crippen LogP contribution in [0, 0.1) is 0 Å². The first-order chi connectivity index (χ1) is 15.5.